The highest BCUT2D eigenvalue weighted by Gasteiger charge is 2.39. The van der Waals surface area contributed by atoms with Crippen LogP contribution < -0.4 is 10.1 Å². The molecule has 8 heteroatoms. The van der Waals surface area contributed by atoms with E-state index in [2.05, 4.69) is 5.32 Å². The second-order valence-corrected chi connectivity index (χ2v) is 8.47. The largest absolute Gasteiger partial charge is 0.466 e. The second kappa shape index (κ2) is 10.9. The van der Waals surface area contributed by atoms with Gasteiger partial charge in [-0.2, -0.15) is 0 Å². The number of benzene rings is 1. The van der Waals surface area contributed by atoms with E-state index in [-0.39, 0.29) is 19.1 Å². The number of methoxy groups -OCH3 is 1. The summed E-state index contributed by atoms with van der Waals surface area (Å²) in [5.74, 6) is -1.14. The Morgan fingerprint density at radius 3 is 2.26 bits per heavy atom. The molecule has 0 aromatic heterocycles. The third-order valence-corrected chi connectivity index (χ3v) is 5.42. The fraction of sp³-hybridized carbons (Fsp3) is 0.346. The van der Waals surface area contributed by atoms with E-state index in [9.17, 15) is 14.4 Å². The first-order valence-electron chi connectivity index (χ1n) is 11.1. The molecule has 0 saturated heterocycles. The molecular weight excluding hydrogens is 436 g/mol. The predicted molar refractivity (Wildman–Crippen MR) is 126 cm³/mol. The molecule has 180 valence electrons. The lowest BCUT2D eigenvalue weighted by Crippen LogP contribution is -2.36. The summed E-state index contributed by atoms with van der Waals surface area (Å²) in [5.41, 5.74) is 2.53. The first kappa shape index (κ1) is 24.8. The van der Waals surface area contributed by atoms with Crippen molar-refractivity contribution in [2.24, 2.45) is 11.8 Å². The van der Waals surface area contributed by atoms with Crippen molar-refractivity contribution < 1.29 is 28.6 Å². The molecule has 0 aliphatic carbocycles. The molecule has 0 bridgehead atoms. The van der Waals surface area contributed by atoms with Crippen LogP contribution in [0.25, 0.3) is 0 Å². The maximum absolute atomic E-state index is 13.1. The van der Waals surface area contributed by atoms with Crippen molar-refractivity contribution in [3.05, 3.63) is 76.8 Å². The minimum atomic E-state index is -0.697. The van der Waals surface area contributed by atoms with E-state index in [1.165, 1.54) is 12.0 Å². The number of ether oxygens (including phenoxy) is 3. The van der Waals surface area contributed by atoms with Crippen LogP contribution in [-0.2, 0) is 19.1 Å². The smallest absolute Gasteiger partial charge is 0.419 e. The monoisotopic (exact) mass is 466 g/mol. The van der Waals surface area contributed by atoms with Crippen molar-refractivity contribution >= 4 is 18.0 Å². The zero-order chi connectivity index (χ0) is 24.8. The number of hydrogen-bond acceptors (Lipinski definition) is 7. The van der Waals surface area contributed by atoms with Gasteiger partial charge >= 0.3 is 18.0 Å². The van der Waals surface area contributed by atoms with Crippen molar-refractivity contribution in [2.45, 2.75) is 27.7 Å². The number of allylic oxidation sites excluding steroid dienone is 4. The van der Waals surface area contributed by atoms with Gasteiger partial charge in [-0.05, 0) is 43.5 Å². The summed E-state index contributed by atoms with van der Waals surface area (Å²) in [4.78, 5) is 39.7. The van der Waals surface area contributed by atoms with E-state index in [4.69, 9.17) is 14.2 Å². The molecule has 2 aliphatic heterocycles. The predicted octanol–water partition coefficient (Wildman–Crippen LogP) is 4.08. The van der Waals surface area contributed by atoms with E-state index in [0.29, 0.717) is 33.9 Å². The van der Waals surface area contributed by atoms with Crippen LogP contribution in [-0.4, -0.2) is 43.2 Å². The molecular formula is C26H30N2O6. The number of amides is 1. The molecule has 0 fully saturated rings. The molecule has 3 rings (SSSR count). The number of carbonyl (C=O) groups is 3. The third-order valence-electron chi connectivity index (χ3n) is 5.42. The van der Waals surface area contributed by atoms with Crippen molar-refractivity contribution in [3.63, 3.8) is 0 Å². The first-order valence-corrected chi connectivity index (χ1v) is 11.1. The maximum Gasteiger partial charge on any atom is 0.419 e. The molecule has 0 saturated carbocycles. The van der Waals surface area contributed by atoms with E-state index in [1.54, 1.807) is 56.5 Å². The number of carbonyl (C=O) groups excluding carboxylic acids is 3. The van der Waals surface area contributed by atoms with Crippen molar-refractivity contribution in [3.8, 4) is 5.75 Å². The van der Waals surface area contributed by atoms with Crippen LogP contribution in [0.5, 0.6) is 5.75 Å². The van der Waals surface area contributed by atoms with Crippen LogP contribution in [0.15, 0.2) is 76.8 Å². The fourth-order valence-electron chi connectivity index (χ4n) is 3.80. The molecule has 1 atom stereocenters. The number of dihydropyridines is 1. The molecule has 8 nitrogen and oxygen atoms in total. The number of nitrogens with one attached hydrogen (secondary N) is 1. The Balaban J connectivity index is 1.88. The highest BCUT2D eigenvalue weighted by atomic mass is 16.6. The van der Waals surface area contributed by atoms with Gasteiger partial charge in [0.25, 0.3) is 0 Å². The van der Waals surface area contributed by atoms with Gasteiger partial charge in [-0.25, -0.2) is 14.4 Å². The van der Waals surface area contributed by atoms with Gasteiger partial charge in [-0.15, -0.1) is 0 Å². The molecule has 1 unspecified atom stereocenters. The number of esters is 2. The Morgan fingerprint density at radius 2 is 1.71 bits per heavy atom. The number of hydrogen-bond donors (Lipinski definition) is 1. The zero-order valence-electron chi connectivity index (χ0n) is 20.1. The van der Waals surface area contributed by atoms with Gasteiger partial charge in [-0.1, -0.05) is 38.1 Å². The Labute approximate surface area is 199 Å². The van der Waals surface area contributed by atoms with Crippen molar-refractivity contribution in [1.82, 2.24) is 10.2 Å². The first-order chi connectivity index (χ1) is 16.2. The fourth-order valence-corrected chi connectivity index (χ4v) is 3.80. The summed E-state index contributed by atoms with van der Waals surface area (Å²) in [7, 11) is 1.30. The van der Waals surface area contributed by atoms with E-state index >= 15 is 0 Å². The molecule has 34 heavy (non-hydrogen) atoms. The van der Waals surface area contributed by atoms with Gasteiger partial charge in [-0.3, -0.25) is 4.90 Å². The molecule has 1 aromatic rings. The Kier molecular flexibility index (Phi) is 7.94. The molecule has 1 N–H and O–H groups in total. The van der Waals surface area contributed by atoms with Crippen LogP contribution in [0.2, 0.25) is 0 Å². The molecule has 1 aromatic carbocycles. The highest BCUT2D eigenvalue weighted by molar-refractivity contribution is 5.99. The standard InChI is InChI=1S/C26H30N2O6/c1-16(2)15-33-25(30)22-18(4)27-17(3)21(24(29)32-5)23(22)19-11-13-28(14-12-19)26(31)34-20-9-7-6-8-10-20/h6-13,16,23,27H,14-15H2,1-5H3. The summed E-state index contributed by atoms with van der Waals surface area (Å²) in [6.45, 7) is 7.90. The quantitative estimate of drug-likeness (QED) is 0.631. The molecule has 0 spiro atoms. The number of para-hydroxylation sites is 1. The van der Waals surface area contributed by atoms with Crippen LogP contribution in [0.4, 0.5) is 4.79 Å². The van der Waals surface area contributed by atoms with Gasteiger partial charge in [0.05, 0.1) is 30.8 Å². The lowest BCUT2D eigenvalue weighted by molar-refractivity contribution is -0.140. The summed E-state index contributed by atoms with van der Waals surface area (Å²) in [6, 6.07) is 8.78. The van der Waals surface area contributed by atoms with E-state index in [0.717, 1.165) is 0 Å². The summed E-state index contributed by atoms with van der Waals surface area (Å²) < 4.78 is 15.9. The zero-order valence-corrected chi connectivity index (χ0v) is 20.1. The van der Waals surface area contributed by atoms with Gasteiger partial charge in [0.1, 0.15) is 5.75 Å². The van der Waals surface area contributed by atoms with Crippen molar-refractivity contribution in [2.75, 3.05) is 20.3 Å². The van der Waals surface area contributed by atoms with Gasteiger partial charge in [0.15, 0.2) is 0 Å². The minimum absolute atomic E-state index is 0.162. The van der Waals surface area contributed by atoms with Crippen molar-refractivity contribution in [1.29, 1.82) is 0 Å². The lowest BCUT2D eigenvalue weighted by atomic mass is 9.79. The molecule has 2 heterocycles. The maximum atomic E-state index is 13.1. The van der Waals surface area contributed by atoms with E-state index in [1.807, 2.05) is 19.9 Å². The van der Waals surface area contributed by atoms with Gasteiger partial charge in [0, 0.05) is 24.1 Å². The van der Waals surface area contributed by atoms with E-state index < -0.39 is 23.9 Å². The molecule has 0 radical (unpaired) electrons. The molecule has 2 aliphatic rings. The summed E-state index contributed by atoms with van der Waals surface area (Å²) >= 11 is 0. The van der Waals surface area contributed by atoms with Crippen LogP contribution in [0.3, 0.4) is 0 Å². The average Bonchev–Trinajstić information content (AvgIpc) is 2.82. The van der Waals surface area contributed by atoms with Crippen LogP contribution in [0.1, 0.15) is 27.7 Å². The Morgan fingerprint density at radius 1 is 1.06 bits per heavy atom. The summed E-state index contributed by atoms with van der Waals surface area (Å²) in [6.07, 6.45) is 4.54. The van der Waals surface area contributed by atoms with Gasteiger partial charge in [0.2, 0.25) is 0 Å². The highest BCUT2D eigenvalue weighted by Crippen LogP contribution is 2.38. The number of rotatable bonds is 6. The average molecular weight is 467 g/mol. The second-order valence-electron chi connectivity index (χ2n) is 8.47. The Bertz CT molecular complexity index is 1080. The molecule has 1 amide bonds. The van der Waals surface area contributed by atoms with Crippen LogP contribution in [0, 0.1) is 11.8 Å². The third kappa shape index (κ3) is 5.57. The minimum Gasteiger partial charge on any atom is -0.466 e. The summed E-state index contributed by atoms with van der Waals surface area (Å²) in [5, 5.41) is 3.11. The van der Waals surface area contributed by atoms with Crippen LogP contribution >= 0.6 is 0 Å². The van der Waals surface area contributed by atoms with Gasteiger partial charge < -0.3 is 19.5 Å². The Hall–Kier alpha value is -3.81. The normalized spacial score (nSPS) is 17.9. The number of nitrogens with zero attached hydrogens (tertiary/aromatic N) is 1. The lowest BCUT2D eigenvalue weighted by Gasteiger charge is -2.32. The SMILES string of the molecule is COC(=O)C1=C(C)NC(C)=C(C(=O)OCC(C)C)C1C1=CCN(C(=O)Oc2ccccc2)C=C1. The topological polar surface area (TPSA) is 94.2 Å².